The minimum atomic E-state index is -0.00941. The van der Waals surface area contributed by atoms with Crippen LogP contribution in [-0.4, -0.2) is 0 Å². The van der Waals surface area contributed by atoms with Crippen LogP contribution in [0.4, 0.5) is 17.1 Å². The molecule has 0 amide bonds. The average Bonchev–Trinajstić information content (AvgIpc) is 3.76. The second kappa shape index (κ2) is 11.3. The lowest BCUT2D eigenvalue weighted by Gasteiger charge is -2.77. The zero-order chi connectivity index (χ0) is 37.6. The normalized spacial score (nSPS) is 28.9. The van der Waals surface area contributed by atoms with Crippen LogP contribution >= 0.6 is 0 Å². The number of nitrogens with zero attached hydrogens (tertiary/aromatic N) is 1. The molecule has 278 valence electrons. The Morgan fingerprint density at radius 2 is 1.16 bits per heavy atom. The second-order valence-electron chi connectivity index (χ2n) is 19.6. The standard InChI is InChI=1S/C54H51NO/c1-51(2)27-28-52(3,4)45-32-40(23-25-42(45)51)55(39-21-19-36(20-22-39)35-13-7-5-8-14-35)49-41(37-15-9-6-10-16-37)24-26-44-50(49)56-46-18-12-11-17-43(46)54(44)47-30-34-29-38-31-48(54)53(38,47)33-34/h5-26,32,34,38,47-48H,27-31,33H2,1-4H3. The van der Waals surface area contributed by atoms with E-state index in [0.29, 0.717) is 17.3 Å². The molecule has 6 atom stereocenters. The monoisotopic (exact) mass is 729 g/mol. The molecule has 1 heterocycles. The van der Waals surface area contributed by atoms with Gasteiger partial charge in [0.2, 0.25) is 0 Å². The summed E-state index contributed by atoms with van der Waals surface area (Å²) in [6.07, 6.45) is 8.00. The first-order valence-electron chi connectivity index (χ1n) is 21.3. The highest BCUT2D eigenvalue weighted by molar-refractivity contribution is 5.94. The van der Waals surface area contributed by atoms with Gasteiger partial charge in [0, 0.05) is 33.5 Å². The van der Waals surface area contributed by atoms with Crippen molar-refractivity contribution in [2.45, 2.75) is 82.5 Å². The van der Waals surface area contributed by atoms with Gasteiger partial charge in [-0.2, -0.15) is 0 Å². The zero-order valence-electron chi connectivity index (χ0n) is 33.2. The van der Waals surface area contributed by atoms with E-state index in [9.17, 15) is 0 Å². The van der Waals surface area contributed by atoms with Crippen molar-refractivity contribution in [3.63, 3.8) is 0 Å². The Bertz CT molecular complexity index is 2550. The quantitative estimate of drug-likeness (QED) is 0.175. The summed E-state index contributed by atoms with van der Waals surface area (Å²) in [4.78, 5) is 2.56. The van der Waals surface area contributed by atoms with Crippen LogP contribution in [0.15, 0.2) is 140 Å². The number of hydrogen-bond acceptors (Lipinski definition) is 2. The van der Waals surface area contributed by atoms with Crippen LogP contribution in [0.25, 0.3) is 22.3 Å². The summed E-state index contributed by atoms with van der Waals surface area (Å²) >= 11 is 0. The number of anilines is 3. The maximum Gasteiger partial charge on any atom is 0.156 e. The van der Waals surface area contributed by atoms with Crippen molar-refractivity contribution in [1.82, 2.24) is 0 Å². The smallest absolute Gasteiger partial charge is 0.156 e. The van der Waals surface area contributed by atoms with Gasteiger partial charge >= 0.3 is 0 Å². The van der Waals surface area contributed by atoms with Crippen molar-refractivity contribution in [2.75, 3.05) is 4.90 Å². The molecule has 6 aromatic rings. The molecular formula is C54H51NO. The molecule has 0 radical (unpaired) electrons. The van der Waals surface area contributed by atoms with E-state index in [1.54, 1.807) is 0 Å². The molecule has 12 rings (SSSR count). The van der Waals surface area contributed by atoms with E-state index < -0.39 is 0 Å². The van der Waals surface area contributed by atoms with Crippen molar-refractivity contribution >= 4 is 17.1 Å². The largest absolute Gasteiger partial charge is 0.454 e. The third-order valence-corrected chi connectivity index (χ3v) is 16.3. The van der Waals surface area contributed by atoms with Gasteiger partial charge < -0.3 is 9.64 Å². The fourth-order valence-electron chi connectivity index (χ4n) is 13.8. The van der Waals surface area contributed by atoms with Gasteiger partial charge in [0.1, 0.15) is 5.75 Å². The van der Waals surface area contributed by atoms with Crippen LogP contribution in [0.5, 0.6) is 11.5 Å². The van der Waals surface area contributed by atoms with Crippen LogP contribution in [0.2, 0.25) is 0 Å². The van der Waals surface area contributed by atoms with Crippen molar-refractivity contribution in [3.8, 4) is 33.8 Å². The van der Waals surface area contributed by atoms with Gasteiger partial charge in [0.05, 0.1) is 5.69 Å². The highest BCUT2D eigenvalue weighted by Gasteiger charge is 2.84. The van der Waals surface area contributed by atoms with Gasteiger partial charge in [0.15, 0.2) is 5.75 Å². The summed E-state index contributed by atoms with van der Waals surface area (Å²) in [6, 6.07) is 52.5. The Balaban J connectivity index is 1.14. The van der Waals surface area contributed by atoms with Crippen LogP contribution in [0.1, 0.15) is 88.5 Å². The van der Waals surface area contributed by atoms with Crippen LogP contribution < -0.4 is 9.64 Å². The molecule has 2 spiro atoms. The minimum absolute atomic E-state index is 0.00941. The van der Waals surface area contributed by atoms with E-state index in [1.807, 2.05) is 0 Å². The molecule has 0 saturated heterocycles. The summed E-state index contributed by atoms with van der Waals surface area (Å²) in [5, 5.41) is 0. The number of fused-ring (bicyclic) bond motifs is 8. The number of ether oxygens (including phenoxy) is 1. The predicted octanol–water partition coefficient (Wildman–Crippen LogP) is 14.3. The predicted molar refractivity (Wildman–Crippen MR) is 229 cm³/mol. The summed E-state index contributed by atoms with van der Waals surface area (Å²) in [7, 11) is 0. The van der Waals surface area contributed by atoms with Gasteiger partial charge in [-0.3, -0.25) is 0 Å². The van der Waals surface area contributed by atoms with E-state index in [0.717, 1.165) is 34.7 Å². The molecule has 0 N–H and O–H groups in total. The molecule has 4 fully saturated rings. The second-order valence-corrected chi connectivity index (χ2v) is 19.6. The maximum absolute atomic E-state index is 7.46. The van der Waals surface area contributed by atoms with Crippen molar-refractivity contribution < 1.29 is 4.74 Å². The molecule has 4 saturated carbocycles. The molecular weight excluding hydrogens is 679 g/mol. The van der Waals surface area contributed by atoms with Gasteiger partial charge in [-0.05, 0) is 137 Å². The van der Waals surface area contributed by atoms with E-state index in [1.165, 1.54) is 88.7 Å². The first kappa shape index (κ1) is 33.1. The zero-order valence-corrected chi connectivity index (χ0v) is 33.2. The Morgan fingerprint density at radius 3 is 1.91 bits per heavy atom. The Labute approximate surface area is 332 Å². The Kier molecular flexibility index (Phi) is 6.67. The first-order chi connectivity index (χ1) is 27.2. The lowest BCUT2D eigenvalue weighted by atomic mass is 9.26. The highest BCUT2D eigenvalue weighted by atomic mass is 16.5. The number of benzene rings is 6. The fraction of sp³-hybridized carbons (Fsp3) is 0.333. The van der Waals surface area contributed by atoms with Gasteiger partial charge in [0.25, 0.3) is 0 Å². The van der Waals surface area contributed by atoms with E-state index in [4.69, 9.17) is 4.74 Å². The SMILES string of the molecule is CC1(C)CCC(C)(C)c2cc(N(c3ccc(-c4ccccc4)cc3)c3c(-c4ccccc4)ccc4c3Oc3ccccc3C43C4CC5CC6CC3C64C5)ccc21. The lowest BCUT2D eigenvalue weighted by Crippen LogP contribution is -2.74. The molecule has 6 aromatic carbocycles. The summed E-state index contributed by atoms with van der Waals surface area (Å²) in [6.45, 7) is 9.75. The van der Waals surface area contributed by atoms with Crippen LogP contribution in [0.3, 0.4) is 0 Å². The molecule has 2 bridgehead atoms. The van der Waals surface area contributed by atoms with E-state index in [2.05, 4.69) is 172 Å². The van der Waals surface area contributed by atoms with Gasteiger partial charge in [-0.15, -0.1) is 0 Å². The molecule has 1 aliphatic heterocycles. The van der Waals surface area contributed by atoms with Crippen LogP contribution in [0, 0.1) is 29.1 Å². The third kappa shape index (κ3) is 4.18. The number of hydrogen-bond donors (Lipinski definition) is 0. The summed E-state index contributed by atoms with van der Waals surface area (Å²) in [5.41, 5.74) is 14.9. The van der Waals surface area contributed by atoms with E-state index in [-0.39, 0.29) is 16.2 Å². The van der Waals surface area contributed by atoms with E-state index >= 15 is 0 Å². The minimum Gasteiger partial charge on any atom is -0.454 e. The van der Waals surface area contributed by atoms with Gasteiger partial charge in [-0.1, -0.05) is 137 Å². The molecule has 0 aromatic heterocycles. The van der Waals surface area contributed by atoms with Crippen LogP contribution in [-0.2, 0) is 16.2 Å². The third-order valence-electron chi connectivity index (χ3n) is 16.3. The molecule has 6 aliphatic rings. The Morgan fingerprint density at radius 1 is 0.536 bits per heavy atom. The fourth-order valence-corrected chi connectivity index (χ4v) is 13.8. The Hall–Kier alpha value is -5.08. The molecule has 56 heavy (non-hydrogen) atoms. The molecule has 6 unspecified atom stereocenters. The molecule has 2 heteroatoms. The summed E-state index contributed by atoms with van der Waals surface area (Å²) < 4.78 is 7.46. The first-order valence-corrected chi connectivity index (χ1v) is 21.3. The lowest BCUT2D eigenvalue weighted by molar-refractivity contribution is -0.235. The van der Waals surface area contributed by atoms with Gasteiger partial charge in [-0.25, -0.2) is 0 Å². The van der Waals surface area contributed by atoms with Crippen molar-refractivity contribution in [1.29, 1.82) is 0 Å². The maximum atomic E-state index is 7.46. The molecule has 2 nitrogen and oxygen atoms in total. The molecule has 5 aliphatic carbocycles. The summed E-state index contributed by atoms with van der Waals surface area (Å²) in [5.74, 6) is 5.28. The number of para-hydroxylation sites is 1. The topological polar surface area (TPSA) is 12.5 Å². The average molecular weight is 730 g/mol. The van der Waals surface area contributed by atoms with Crippen molar-refractivity contribution in [3.05, 3.63) is 162 Å². The van der Waals surface area contributed by atoms with Crippen molar-refractivity contribution in [2.24, 2.45) is 29.1 Å². The highest BCUT2D eigenvalue weighted by Crippen LogP contribution is 2.89. The number of rotatable bonds is 5.